The first-order valence-corrected chi connectivity index (χ1v) is 7.04. The van der Waals surface area contributed by atoms with Gasteiger partial charge in [-0.05, 0) is 70.2 Å². The molecule has 1 aliphatic carbocycles. The Hall–Kier alpha value is -1.51. The van der Waals surface area contributed by atoms with Gasteiger partial charge in [0.05, 0.1) is 0 Å². The zero-order chi connectivity index (χ0) is 14.2. The Bertz CT molecular complexity index is 467. The molecule has 0 heterocycles. The van der Waals surface area contributed by atoms with Crippen LogP contribution in [0.5, 0.6) is 5.75 Å². The molecule has 1 N–H and O–H groups in total. The Labute approximate surface area is 115 Å². The van der Waals surface area contributed by atoms with Crippen molar-refractivity contribution < 1.29 is 9.90 Å². The molecule has 0 aromatic heterocycles. The lowest BCUT2D eigenvalue weighted by Crippen LogP contribution is -2.48. The van der Waals surface area contributed by atoms with E-state index in [1.807, 2.05) is 18.7 Å². The molecule has 1 aromatic carbocycles. The topological polar surface area (TPSA) is 40.5 Å². The largest absolute Gasteiger partial charge is 0.507 e. The van der Waals surface area contributed by atoms with Crippen LogP contribution in [0.1, 0.15) is 54.6 Å². The van der Waals surface area contributed by atoms with E-state index in [0.717, 1.165) is 24.0 Å². The first kappa shape index (κ1) is 13.9. The zero-order valence-corrected chi connectivity index (χ0v) is 12.2. The van der Waals surface area contributed by atoms with E-state index in [9.17, 15) is 9.90 Å². The van der Waals surface area contributed by atoms with Crippen molar-refractivity contribution in [1.82, 2.24) is 4.90 Å². The van der Waals surface area contributed by atoms with Crippen LogP contribution in [0.25, 0.3) is 0 Å². The molecule has 0 saturated heterocycles. The van der Waals surface area contributed by atoms with E-state index in [1.54, 1.807) is 12.1 Å². The number of hydrogen-bond acceptors (Lipinski definition) is 2. The highest BCUT2D eigenvalue weighted by molar-refractivity contribution is 5.95. The average Bonchev–Trinajstić information content (AvgIpc) is 2.28. The summed E-state index contributed by atoms with van der Waals surface area (Å²) >= 11 is 0. The molecule has 104 valence electrons. The lowest BCUT2D eigenvalue weighted by Gasteiger charge is -2.40. The second-order valence-corrected chi connectivity index (χ2v) is 5.85. The second-order valence-electron chi connectivity index (χ2n) is 5.85. The maximum atomic E-state index is 12.7. The van der Waals surface area contributed by atoms with Gasteiger partial charge < -0.3 is 10.0 Å². The van der Waals surface area contributed by atoms with Crippen molar-refractivity contribution in [2.24, 2.45) is 0 Å². The summed E-state index contributed by atoms with van der Waals surface area (Å²) in [5, 5.41) is 9.80. The predicted octanol–water partition coefficient (Wildman–Crippen LogP) is 3.41. The number of rotatable bonds is 3. The fourth-order valence-electron chi connectivity index (χ4n) is 2.72. The lowest BCUT2D eigenvalue weighted by molar-refractivity contribution is 0.0489. The molecule has 1 saturated carbocycles. The van der Waals surface area contributed by atoms with Crippen LogP contribution in [0.15, 0.2) is 12.1 Å². The predicted molar refractivity (Wildman–Crippen MR) is 76.5 cm³/mol. The van der Waals surface area contributed by atoms with Gasteiger partial charge >= 0.3 is 0 Å². The Morgan fingerprint density at radius 3 is 2.16 bits per heavy atom. The lowest BCUT2D eigenvalue weighted by atomic mass is 9.89. The molecular weight excluding hydrogens is 238 g/mol. The Kier molecular flexibility index (Phi) is 3.83. The monoisotopic (exact) mass is 261 g/mol. The third kappa shape index (κ3) is 2.60. The molecule has 0 bridgehead atoms. The van der Waals surface area contributed by atoms with Gasteiger partial charge in [0.1, 0.15) is 5.75 Å². The number of phenols is 1. The average molecular weight is 261 g/mol. The summed E-state index contributed by atoms with van der Waals surface area (Å²) in [6, 6.07) is 4.19. The van der Waals surface area contributed by atoms with Gasteiger partial charge in [0.2, 0.25) is 0 Å². The fourth-order valence-corrected chi connectivity index (χ4v) is 2.72. The molecule has 1 amide bonds. The minimum Gasteiger partial charge on any atom is -0.507 e. The van der Waals surface area contributed by atoms with Crippen molar-refractivity contribution in [3.05, 3.63) is 28.8 Å². The second kappa shape index (κ2) is 5.24. The summed E-state index contributed by atoms with van der Waals surface area (Å²) < 4.78 is 0. The van der Waals surface area contributed by atoms with Crippen LogP contribution in [0.4, 0.5) is 0 Å². The van der Waals surface area contributed by atoms with E-state index in [0.29, 0.717) is 11.6 Å². The van der Waals surface area contributed by atoms with Crippen LogP contribution in [-0.4, -0.2) is 28.0 Å². The van der Waals surface area contributed by atoms with E-state index in [-0.39, 0.29) is 17.7 Å². The summed E-state index contributed by atoms with van der Waals surface area (Å²) in [6.45, 7) is 7.80. The summed E-state index contributed by atoms with van der Waals surface area (Å²) in [6.07, 6.45) is 3.44. The van der Waals surface area contributed by atoms with Crippen molar-refractivity contribution >= 4 is 5.91 Å². The van der Waals surface area contributed by atoms with Crippen LogP contribution in [0.2, 0.25) is 0 Å². The van der Waals surface area contributed by atoms with Crippen molar-refractivity contribution in [2.75, 3.05) is 0 Å². The number of hydrogen-bond donors (Lipinski definition) is 1. The van der Waals surface area contributed by atoms with Crippen molar-refractivity contribution in [1.29, 1.82) is 0 Å². The Morgan fingerprint density at radius 2 is 1.79 bits per heavy atom. The van der Waals surface area contributed by atoms with Crippen molar-refractivity contribution in [3.8, 4) is 5.75 Å². The van der Waals surface area contributed by atoms with Crippen LogP contribution in [0, 0.1) is 13.8 Å². The molecule has 0 unspecified atom stereocenters. The normalized spacial score (nSPS) is 15.4. The Morgan fingerprint density at radius 1 is 1.26 bits per heavy atom. The molecule has 1 aromatic rings. The molecule has 1 fully saturated rings. The third-order valence-electron chi connectivity index (χ3n) is 4.00. The summed E-state index contributed by atoms with van der Waals surface area (Å²) in [7, 11) is 0. The number of amides is 1. The first-order valence-electron chi connectivity index (χ1n) is 7.04. The van der Waals surface area contributed by atoms with E-state index in [2.05, 4.69) is 13.8 Å². The van der Waals surface area contributed by atoms with Gasteiger partial charge in [0.25, 0.3) is 5.91 Å². The molecule has 0 aliphatic heterocycles. The van der Waals surface area contributed by atoms with Gasteiger partial charge in [-0.2, -0.15) is 0 Å². The minimum atomic E-state index is 0.0888. The van der Waals surface area contributed by atoms with Gasteiger partial charge in [-0.15, -0.1) is 0 Å². The van der Waals surface area contributed by atoms with Gasteiger partial charge in [0, 0.05) is 17.6 Å². The van der Waals surface area contributed by atoms with E-state index in [1.165, 1.54) is 6.42 Å². The summed E-state index contributed by atoms with van der Waals surface area (Å²) in [5.41, 5.74) is 2.22. The highest BCUT2D eigenvalue weighted by Crippen LogP contribution is 2.29. The quantitative estimate of drug-likeness (QED) is 0.905. The third-order valence-corrected chi connectivity index (χ3v) is 4.00. The van der Waals surface area contributed by atoms with Gasteiger partial charge in [-0.3, -0.25) is 4.79 Å². The van der Waals surface area contributed by atoms with Gasteiger partial charge in [-0.25, -0.2) is 0 Å². The number of nitrogens with zero attached hydrogens (tertiary/aromatic N) is 1. The van der Waals surface area contributed by atoms with Gasteiger partial charge in [0.15, 0.2) is 0 Å². The number of aromatic hydroxyl groups is 1. The molecule has 0 radical (unpaired) electrons. The van der Waals surface area contributed by atoms with Crippen LogP contribution in [0.3, 0.4) is 0 Å². The molecule has 19 heavy (non-hydrogen) atoms. The van der Waals surface area contributed by atoms with E-state index in [4.69, 9.17) is 0 Å². The smallest absolute Gasteiger partial charge is 0.254 e. The molecular formula is C16H23NO2. The van der Waals surface area contributed by atoms with Gasteiger partial charge in [-0.1, -0.05) is 0 Å². The maximum Gasteiger partial charge on any atom is 0.254 e. The van der Waals surface area contributed by atoms with Crippen molar-refractivity contribution in [3.63, 3.8) is 0 Å². The molecule has 2 rings (SSSR count). The van der Waals surface area contributed by atoms with Crippen LogP contribution < -0.4 is 0 Å². The van der Waals surface area contributed by atoms with Crippen LogP contribution in [-0.2, 0) is 0 Å². The molecule has 1 aliphatic rings. The van der Waals surface area contributed by atoms with Crippen molar-refractivity contribution in [2.45, 2.75) is 59.0 Å². The molecule has 0 spiro atoms. The fraction of sp³-hybridized carbons (Fsp3) is 0.562. The highest BCUT2D eigenvalue weighted by Gasteiger charge is 2.31. The number of carbonyl (C=O) groups is 1. The maximum absolute atomic E-state index is 12.7. The highest BCUT2D eigenvalue weighted by atomic mass is 16.3. The summed E-state index contributed by atoms with van der Waals surface area (Å²) in [5.74, 6) is 0.377. The minimum absolute atomic E-state index is 0.0888. The number of aryl methyl sites for hydroxylation is 2. The van der Waals surface area contributed by atoms with E-state index >= 15 is 0 Å². The first-order chi connectivity index (χ1) is 8.91. The molecule has 3 nitrogen and oxygen atoms in total. The standard InChI is InChI=1S/C16H23NO2/c1-10(2)17(14-6-5-7-14)16(19)13-8-11(3)15(18)12(4)9-13/h8-10,14,18H,5-7H2,1-4H3. The SMILES string of the molecule is Cc1cc(C(=O)N(C(C)C)C2CCC2)cc(C)c1O. The zero-order valence-electron chi connectivity index (χ0n) is 12.2. The number of phenolic OH excluding ortho intramolecular Hbond substituents is 1. The van der Waals surface area contributed by atoms with Crippen LogP contribution >= 0.6 is 0 Å². The number of benzene rings is 1. The Balaban J connectivity index is 2.31. The number of carbonyl (C=O) groups excluding carboxylic acids is 1. The van der Waals surface area contributed by atoms with E-state index < -0.39 is 0 Å². The molecule has 0 atom stereocenters. The summed E-state index contributed by atoms with van der Waals surface area (Å²) in [4.78, 5) is 14.7. The molecule has 3 heteroatoms.